The van der Waals surface area contributed by atoms with Crippen LogP contribution in [-0.2, 0) is 11.2 Å². The molecule has 1 aliphatic heterocycles. The Bertz CT molecular complexity index is 854. The molecule has 1 heterocycles. The van der Waals surface area contributed by atoms with Crippen LogP contribution in [0, 0.1) is 17.8 Å². The molecule has 3 atom stereocenters. The van der Waals surface area contributed by atoms with Crippen molar-refractivity contribution in [1.82, 2.24) is 0 Å². The zero-order valence-electron chi connectivity index (χ0n) is 20.4. The maximum absolute atomic E-state index is 13.0. The van der Waals surface area contributed by atoms with Gasteiger partial charge in [-0.05, 0) is 75.1 Å². The standard InChI is InChI=1S/C28H41NO3/c1-6-7-8-9-21-14-25-28(24-13-19(4)10-11-23(24)20(5)31-25)26(15-21)32-27(30)16-22(17-29)12-18(2)3/h13-15,18,22-24H,5-12,16-17,29H2,1-4H3/t22-,23-,24+/m0/s1. The van der Waals surface area contributed by atoms with Gasteiger partial charge in [-0.1, -0.05) is 51.8 Å². The Balaban J connectivity index is 1.93. The van der Waals surface area contributed by atoms with Crippen molar-refractivity contribution in [1.29, 1.82) is 0 Å². The van der Waals surface area contributed by atoms with Crippen molar-refractivity contribution in [3.63, 3.8) is 0 Å². The minimum atomic E-state index is -0.202. The number of ether oxygens (including phenoxy) is 2. The van der Waals surface area contributed by atoms with Crippen molar-refractivity contribution in [2.75, 3.05) is 6.54 Å². The summed E-state index contributed by atoms with van der Waals surface area (Å²) in [6, 6.07) is 4.20. The first kappa shape index (κ1) is 24.6. The van der Waals surface area contributed by atoms with E-state index in [1.165, 1.54) is 18.4 Å². The van der Waals surface area contributed by atoms with Crippen LogP contribution in [0.2, 0.25) is 0 Å². The zero-order chi connectivity index (χ0) is 23.3. The molecule has 176 valence electrons. The average molecular weight is 440 g/mol. The van der Waals surface area contributed by atoms with Gasteiger partial charge >= 0.3 is 5.97 Å². The second kappa shape index (κ2) is 11.2. The lowest BCUT2D eigenvalue weighted by molar-refractivity contribution is -0.135. The molecule has 0 spiro atoms. The van der Waals surface area contributed by atoms with Gasteiger partial charge in [0.2, 0.25) is 0 Å². The van der Waals surface area contributed by atoms with Crippen molar-refractivity contribution < 1.29 is 14.3 Å². The van der Waals surface area contributed by atoms with Gasteiger partial charge in [-0.3, -0.25) is 4.79 Å². The number of rotatable bonds is 10. The summed E-state index contributed by atoms with van der Waals surface area (Å²) in [5, 5.41) is 0. The van der Waals surface area contributed by atoms with E-state index in [0.717, 1.165) is 54.7 Å². The number of carbonyl (C=O) groups excluding carboxylic acids is 1. The second-order valence-electron chi connectivity index (χ2n) is 10.1. The molecule has 0 amide bonds. The second-order valence-corrected chi connectivity index (χ2v) is 10.1. The van der Waals surface area contributed by atoms with Crippen molar-refractivity contribution in [3.8, 4) is 11.5 Å². The van der Waals surface area contributed by atoms with Crippen LogP contribution < -0.4 is 15.2 Å². The Morgan fingerprint density at radius 2 is 2.09 bits per heavy atom. The molecule has 4 heteroatoms. The predicted molar refractivity (Wildman–Crippen MR) is 131 cm³/mol. The molecular formula is C28H41NO3. The molecule has 1 aromatic rings. The van der Waals surface area contributed by atoms with Crippen molar-refractivity contribution in [3.05, 3.63) is 47.2 Å². The molecule has 3 rings (SSSR count). The molecular weight excluding hydrogens is 398 g/mol. The molecule has 32 heavy (non-hydrogen) atoms. The van der Waals surface area contributed by atoms with E-state index in [-0.39, 0.29) is 23.7 Å². The van der Waals surface area contributed by atoms with Crippen molar-refractivity contribution in [2.45, 2.75) is 85.0 Å². The van der Waals surface area contributed by atoms with E-state index in [4.69, 9.17) is 15.2 Å². The summed E-state index contributed by atoms with van der Waals surface area (Å²) in [6.07, 6.45) is 10.1. The van der Waals surface area contributed by atoms with Crippen LogP contribution in [0.1, 0.15) is 89.7 Å². The molecule has 0 fully saturated rings. The first-order valence-electron chi connectivity index (χ1n) is 12.4. The monoisotopic (exact) mass is 439 g/mol. The lowest BCUT2D eigenvalue weighted by atomic mass is 9.74. The lowest BCUT2D eigenvalue weighted by Gasteiger charge is -2.37. The molecule has 4 nitrogen and oxygen atoms in total. The van der Waals surface area contributed by atoms with Gasteiger partial charge in [-0.2, -0.15) is 0 Å². The number of nitrogens with two attached hydrogens (primary N) is 1. The number of unbranched alkanes of at least 4 members (excludes halogenated alkanes) is 2. The number of carbonyl (C=O) groups is 1. The third kappa shape index (κ3) is 6.04. The van der Waals surface area contributed by atoms with Crippen LogP contribution in [0.5, 0.6) is 11.5 Å². The van der Waals surface area contributed by atoms with Crippen LogP contribution >= 0.6 is 0 Å². The fourth-order valence-corrected chi connectivity index (χ4v) is 5.14. The summed E-state index contributed by atoms with van der Waals surface area (Å²) in [4.78, 5) is 13.0. The van der Waals surface area contributed by atoms with Gasteiger partial charge in [0.15, 0.2) is 0 Å². The van der Waals surface area contributed by atoms with Crippen molar-refractivity contribution >= 4 is 5.97 Å². The predicted octanol–water partition coefficient (Wildman–Crippen LogP) is 6.68. The number of hydrogen-bond acceptors (Lipinski definition) is 4. The number of allylic oxidation sites excluding steroid dienone is 3. The van der Waals surface area contributed by atoms with E-state index in [1.807, 2.05) is 0 Å². The Kier molecular flexibility index (Phi) is 8.58. The molecule has 0 radical (unpaired) electrons. The largest absolute Gasteiger partial charge is 0.462 e. The Morgan fingerprint density at radius 3 is 2.78 bits per heavy atom. The maximum atomic E-state index is 13.0. The molecule has 0 saturated carbocycles. The summed E-state index contributed by atoms with van der Waals surface area (Å²) < 4.78 is 12.3. The summed E-state index contributed by atoms with van der Waals surface area (Å²) in [7, 11) is 0. The fraction of sp³-hybridized carbons (Fsp3) is 0.607. The third-order valence-corrected chi connectivity index (χ3v) is 6.79. The molecule has 2 N–H and O–H groups in total. The fourth-order valence-electron chi connectivity index (χ4n) is 5.14. The Hall–Kier alpha value is -2.07. The van der Waals surface area contributed by atoms with E-state index >= 15 is 0 Å². The number of esters is 1. The lowest BCUT2D eigenvalue weighted by Crippen LogP contribution is -2.27. The normalized spacial score (nSPS) is 20.8. The van der Waals surface area contributed by atoms with Crippen LogP contribution in [0.4, 0.5) is 0 Å². The first-order valence-corrected chi connectivity index (χ1v) is 12.4. The summed E-state index contributed by atoms with van der Waals surface area (Å²) >= 11 is 0. The highest BCUT2D eigenvalue weighted by Gasteiger charge is 2.37. The minimum Gasteiger partial charge on any atom is -0.462 e. The zero-order valence-corrected chi connectivity index (χ0v) is 20.4. The number of hydrogen-bond donors (Lipinski definition) is 1. The molecule has 0 aromatic heterocycles. The van der Waals surface area contributed by atoms with E-state index in [0.29, 0.717) is 24.6 Å². The number of benzene rings is 1. The van der Waals surface area contributed by atoms with Crippen LogP contribution in [0.15, 0.2) is 36.1 Å². The van der Waals surface area contributed by atoms with Gasteiger partial charge in [0, 0.05) is 23.8 Å². The molecule has 0 bridgehead atoms. The highest BCUT2D eigenvalue weighted by molar-refractivity contribution is 5.74. The summed E-state index contributed by atoms with van der Waals surface area (Å²) in [6.45, 7) is 13.4. The molecule has 1 aromatic carbocycles. The SMILES string of the molecule is C=C1Oc2cc(CCCCC)cc(OC(=O)C[C@@H](CN)CC(C)C)c2[C@@H]2C=C(C)CC[C@@H]12. The van der Waals surface area contributed by atoms with Gasteiger partial charge in [0.05, 0.1) is 0 Å². The third-order valence-electron chi connectivity index (χ3n) is 6.79. The summed E-state index contributed by atoms with van der Waals surface area (Å²) in [5.41, 5.74) is 9.47. The van der Waals surface area contributed by atoms with E-state index in [1.54, 1.807) is 0 Å². The van der Waals surface area contributed by atoms with Gasteiger partial charge < -0.3 is 15.2 Å². The van der Waals surface area contributed by atoms with Gasteiger partial charge in [-0.15, -0.1) is 0 Å². The first-order chi connectivity index (χ1) is 15.3. The van der Waals surface area contributed by atoms with Gasteiger partial charge in [0.25, 0.3) is 0 Å². The average Bonchev–Trinajstić information content (AvgIpc) is 2.72. The summed E-state index contributed by atoms with van der Waals surface area (Å²) in [5.74, 6) is 3.11. The van der Waals surface area contributed by atoms with Gasteiger partial charge in [-0.25, -0.2) is 0 Å². The highest BCUT2D eigenvalue weighted by Crippen LogP contribution is 2.51. The van der Waals surface area contributed by atoms with E-state index < -0.39 is 0 Å². The Labute approximate surface area is 194 Å². The molecule has 0 unspecified atom stereocenters. The Morgan fingerprint density at radius 1 is 1.31 bits per heavy atom. The molecule has 1 aliphatic carbocycles. The van der Waals surface area contributed by atoms with Crippen LogP contribution in [-0.4, -0.2) is 12.5 Å². The minimum absolute atomic E-state index is 0.145. The smallest absolute Gasteiger partial charge is 0.311 e. The number of fused-ring (bicyclic) bond motifs is 3. The van der Waals surface area contributed by atoms with Crippen LogP contribution in [0.3, 0.4) is 0 Å². The highest BCUT2D eigenvalue weighted by atomic mass is 16.5. The van der Waals surface area contributed by atoms with Crippen molar-refractivity contribution in [2.24, 2.45) is 23.5 Å². The van der Waals surface area contributed by atoms with Crippen LogP contribution in [0.25, 0.3) is 0 Å². The molecule has 2 aliphatic rings. The molecule has 0 saturated heterocycles. The number of aryl methyl sites for hydroxylation is 1. The topological polar surface area (TPSA) is 61.5 Å². The quantitative estimate of drug-likeness (QED) is 0.191. The maximum Gasteiger partial charge on any atom is 0.311 e. The van der Waals surface area contributed by atoms with Gasteiger partial charge in [0.1, 0.15) is 17.3 Å². The van der Waals surface area contributed by atoms with E-state index in [2.05, 4.69) is 52.5 Å². The van der Waals surface area contributed by atoms with E-state index in [9.17, 15) is 4.79 Å².